The Kier molecular flexibility index (Phi) is 7.86. The summed E-state index contributed by atoms with van der Waals surface area (Å²) in [5.41, 5.74) is 3.71. The van der Waals surface area contributed by atoms with Gasteiger partial charge in [-0.05, 0) is 54.5 Å². The summed E-state index contributed by atoms with van der Waals surface area (Å²) in [6.07, 6.45) is 1.70. The number of ether oxygens (including phenoxy) is 1. The SMILES string of the molecule is Cc1ccc(S(=O)(=O)N2CCOCC2)cc1C(=O)NCCCc1ccc(C(C)C)cc1. The molecule has 168 valence electrons. The first-order valence-electron chi connectivity index (χ1n) is 10.8. The summed E-state index contributed by atoms with van der Waals surface area (Å²) in [6, 6.07) is 13.3. The Morgan fingerprint density at radius 2 is 1.77 bits per heavy atom. The van der Waals surface area contributed by atoms with Gasteiger partial charge in [0.25, 0.3) is 5.91 Å². The van der Waals surface area contributed by atoms with E-state index < -0.39 is 10.0 Å². The fourth-order valence-electron chi connectivity index (χ4n) is 3.60. The minimum atomic E-state index is -3.63. The van der Waals surface area contributed by atoms with Crippen LogP contribution in [-0.2, 0) is 21.2 Å². The van der Waals surface area contributed by atoms with E-state index in [1.807, 2.05) is 6.92 Å². The molecular weight excluding hydrogens is 412 g/mol. The number of morpholine rings is 1. The lowest BCUT2D eigenvalue weighted by molar-refractivity contribution is 0.0730. The molecule has 0 radical (unpaired) electrons. The summed E-state index contributed by atoms with van der Waals surface area (Å²) in [4.78, 5) is 12.9. The monoisotopic (exact) mass is 444 g/mol. The lowest BCUT2D eigenvalue weighted by Gasteiger charge is -2.26. The van der Waals surface area contributed by atoms with Gasteiger partial charge in [0.2, 0.25) is 10.0 Å². The van der Waals surface area contributed by atoms with E-state index in [0.29, 0.717) is 44.3 Å². The summed E-state index contributed by atoms with van der Waals surface area (Å²) in [7, 11) is -3.63. The average Bonchev–Trinajstić information content (AvgIpc) is 2.77. The Balaban J connectivity index is 1.59. The molecule has 0 atom stereocenters. The van der Waals surface area contributed by atoms with Gasteiger partial charge in [0.1, 0.15) is 0 Å². The van der Waals surface area contributed by atoms with Gasteiger partial charge in [-0.1, -0.05) is 44.2 Å². The number of amides is 1. The molecule has 1 fully saturated rings. The lowest BCUT2D eigenvalue weighted by atomic mass is 10.0. The number of hydrogen-bond acceptors (Lipinski definition) is 4. The van der Waals surface area contributed by atoms with Gasteiger partial charge in [0, 0.05) is 25.2 Å². The van der Waals surface area contributed by atoms with Gasteiger partial charge in [0.05, 0.1) is 18.1 Å². The van der Waals surface area contributed by atoms with Crippen molar-refractivity contribution in [3.05, 3.63) is 64.7 Å². The van der Waals surface area contributed by atoms with Gasteiger partial charge in [-0.2, -0.15) is 4.31 Å². The van der Waals surface area contributed by atoms with Crippen molar-refractivity contribution in [1.82, 2.24) is 9.62 Å². The molecule has 2 aromatic carbocycles. The maximum absolute atomic E-state index is 12.9. The minimum Gasteiger partial charge on any atom is -0.379 e. The maximum Gasteiger partial charge on any atom is 0.251 e. The van der Waals surface area contributed by atoms with Gasteiger partial charge >= 0.3 is 0 Å². The second-order valence-electron chi connectivity index (χ2n) is 8.25. The van der Waals surface area contributed by atoms with E-state index in [9.17, 15) is 13.2 Å². The smallest absolute Gasteiger partial charge is 0.251 e. The van der Waals surface area contributed by atoms with Crippen LogP contribution < -0.4 is 5.32 Å². The number of aryl methyl sites for hydroxylation is 2. The fourth-order valence-corrected chi connectivity index (χ4v) is 5.04. The number of nitrogens with zero attached hydrogens (tertiary/aromatic N) is 1. The van der Waals surface area contributed by atoms with Crippen molar-refractivity contribution in [1.29, 1.82) is 0 Å². The minimum absolute atomic E-state index is 0.149. The fraction of sp³-hybridized carbons (Fsp3) is 0.458. The Hall–Kier alpha value is -2.22. The van der Waals surface area contributed by atoms with Crippen LogP contribution in [0.3, 0.4) is 0 Å². The number of sulfonamides is 1. The van der Waals surface area contributed by atoms with Crippen molar-refractivity contribution in [2.45, 2.75) is 44.4 Å². The molecule has 0 spiro atoms. The number of nitrogens with one attached hydrogen (secondary N) is 1. The van der Waals surface area contributed by atoms with Crippen molar-refractivity contribution < 1.29 is 17.9 Å². The highest BCUT2D eigenvalue weighted by Gasteiger charge is 2.27. The first-order valence-corrected chi connectivity index (χ1v) is 12.3. The van der Waals surface area contributed by atoms with E-state index in [0.717, 1.165) is 18.4 Å². The summed E-state index contributed by atoms with van der Waals surface area (Å²) in [5.74, 6) is 0.270. The molecule has 0 aliphatic carbocycles. The van der Waals surface area contributed by atoms with Crippen LogP contribution >= 0.6 is 0 Å². The van der Waals surface area contributed by atoms with E-state index in [2.05, 4.69) is 43.4 Å². The third-order valence-corrected chi connectivity index (χ3v) is 7.53. The third-order valence-electron chi connectivity index (χ3n) is 5.64. The molecule has 1 aliphatic heterocycles. The van der Waals surface area contributed by atoms with Gasteiger partial charge in [-0.15, -0.1) is 0 Å². The number of carbonyl (C=O) groups is 1. The van der Waals surface area contributed by atoms with Gasteiger partial charge < -0.3 is 10.1 Å². The molecule has 0 saturated carbocycles. The van der Waals surface area contributed by atoms with E-state index in [4.69, 9.17) is 4.74 Å². The molecule has 1 N–H and O–H groups in total. The predicted octanol–water partition coefficient (Wildman–Crippen LogP) is 3.50. The highest BCUT2D eigenvalue weighted by atomic mass is 32.2. The van der Waals surface area contributed by atoms with Gasteiger partial charge in [0.15, 0.2) is 0 Å². The molecule has 1 saturated heterocycles. The molecule has 31 heavy (non-hydrogen) atoms. The molecule has 7 heteroatoms. The molecule has 0 aromatic heterocycles. The van der Waals surface area contributed by atoms with Crippen LogP contribution in [0.1, 0.15) is 53.2 Å². The lowest BCUT2D eigenvalue weighted by Crippen LogP contribution is -2.40. The van der Waals surface area contributed by atoms with Crippen molar-refractivity contribution in [2.75, 3.05) is 32.8 Å². The van der Waals surface area contributed by atoms with Crippen LogP contribution in [0.4, 0.5) is 0 Å². The van der Waals surface area contributed by atoms with Crippen LogP contribution in [0.25, 0.3) is 0 Å². The highest BCUT2D eigenvalue weighted by Crippen LogP contribution is 2.21. The van der Waals surface area contributed by atoms with E-state index in [1.54, 1.807) is 12.1 Å². The number of hydrogen-bond donors (Lipinski definition) is 1. The van der Waals surface area contributed by atoms with Crippen LogP contribution in [0.5, 0.6) is 0 Å². The highest BCUT2D eigenvalue weighted by molar-refractivity contribution is 7.89. The largest absolute Gasteiger partial charge is 0.379 e. The van der Waals surface area contributed by atoms with Crippen LogP contribution in [0.2, 0.25) is 0 Å². The second kappa shape index (κ2) is 10.4. The van der Waals surface area contributed by atoms with Crippen LogP contribution in [-0.4, -0.2) is 51.5 Å². The standard InChI is InChI=1S/C24H32N2O4S/c1-18(2)21-9-7-20(8-10-21)5-4-12-25-24(27)23-17-22(11-6-19(23)3)31(28,29)26-13-15-30-16-14-26/h6-11,17-18H,4-5,12-16H2,1-3H3,(H,25,27). The van der Waals surface area contributed by atoms with Crippen LogP contribution in [0, 0.1) is 6.92 Å². The Morgan fingerprint density at radius 1 is 1.10 bits per heavy atom. The Bertz CT molecular complexity index is 995. The topological polar surface area (TPSA) is 75.7 Å². The molecule has 1 heterocycles. The van der Waals surface area contributed by atoms with Crippen molar-refractivity contribution >= 4 is 15.9 Å². The second-order valence-corrected chi connectivity index (χ2v) is 10.2. The molecule has 2 aromatic rings. The summed E-state index contributed by atoms with van der Waals surface area (Å²) in [6.45, 7) is 8.13. The average molecular weight is 445 g/mol. The Morgan fingerprint density at radius 3 is 2.42 bits per heavy atom. The third kappa shape index (κ3) is 5.93. The first kappa shape index (κ1) is 23.4. The summed E-state index contributed by atoms with van der Waals surface area (Å²) < 4.78 is 32.4. The predicted molar refractivity (Wildman–Crippen MR) is 122 cm³/mol. The summed E-state index contributed by atoms with van der Waals surface area (Å²) >= 11 is 0. The van der Waals surface area contributed by atoms with Crippen molar-refractivity contribution in [2.24, 2.45) is 0 Å². The van der Waals surface area contributed by atoms with Crippen molar-refractivity contribution in [3.63, 3.8) is 0 Å². The molecule has 3 rings (SSSR count). The van der Waals surface area contributed by atoms with Crippen molar-refractivity contribution in [3.8, 4) is 0 Å². The van der Waals surface area contributed by atoms with E-state index in [-0.39, 0.29) is 10.8 Å². The van der Waals surface area contributed by atoms with E-state index in [1.165, 1.54) is 21.5 Å². The number of rotatable bonds is 8. The molecule has 0 unspecified atom stereocenters. The zero-order valence-corrected chi connectivity index (χ0v) is 19.4. The molecular formula is C24H32N2O4S. The summed E-state index contributed by atoms with van der Waals surface area (Å²) in [5, 5.41) is 2.93. The van der Waals surface area contributed by atoms with Gasteiger partial charge in [-0.3, -0.25) is 4.79 Å². The number of benzene rings is 2. The van der Waals surface area contributed by atoms with Crippen LogP contribution in [0.15, 0.2) is 47.4 Å². The first-order chi connectivity index (χ1) is 14.8. The van der Waals surface area contributed by atoms with Gasteiger partial charge in [-0.25, -0.2) is 8.42 Å². The number of carbonyl (C=O) groups excluding carboxylic acids is 1. The molecule has 1 amide bonds. The molecule has 0 bridgehead atoms. The van der Waals surface area contributed by atoms with E-state index >= 15 is 0 Å². The quantitative estimate of drug-likeness (QED) is 0.633. The molecule has 1 aliphatic rings. The zero-order chi connectivity index (χ0) is 22.4. The maximum atomic E-state index is 12.9. The normalized spacial score (nSPS) is 15.2. The molecule has 6 nitrogen and oxygen atoms in total. The Labute approximate surface area is 185 Å². The zero-order valence-electron chi connectivity index (χ0n) is 18.6.